The summed E-state index contributed by atoms with van der Waals surface area (Å²) in [4.78, 5) is 16.8. The number of hydrogen-bond acceptors (Lipinski definition) is 5. The summed E-state index contributed by atoms with van der Waals surface area (Å²) in [7, 11) is -0.944. The molecule has 1 amide bonds. The van der Waals surface area contributed by atoms with Crippen LogP contribution >= 0.6 is 0 Å². The number of hydrogen-bond donors (Lipinski definition) is 2. The molecule has 0 radical (unpaired) electrons. The Morgan fingerprint density at radius 3 is 3.04 bits per heavy atom. The molecule has 0 saturated carbocycles. The third-order valence-electron chi connectivity index (χ3n) is 4.19. The van der Waals surface area contributed by atoms with Crippen molar-refractivity contribution < 1.29 is 14.5 Å². The number of carbonyl (C=O) groups is 1. The predicted octanol–water partition coefficient (Wildman–Crippen LogP) is 1.05. The van der Waals surface area contributed by atoms with Crippen molar-refractivity contribution in [2.24, 2.45) is 0 Å². The van der Waals surface area contributed by atoms with Crippen molar-refractivity contribution in [1.29, 1.82) is 0 Å². The molecule has 0 saturated heterocycles. The molecule has 8 heteroatoms. The molecule has 4 rings (SSSR count). The van der Waals surface area contributed by atoms with Gasteiger partial charge in [0.1, 0.15) is 0 Å². The van der Waals surface area contributed by atoms with Crippen molar-refractivity contribution in [1.82, 2.24) is 14.8 Å². The van der Waals surface area contributed by atoms with Gasteiger partial charge in [-0.2, -0.15) is 5.10 Å². The largest absolute Gasteiger partial charge is 0.491 e. The fourth-order valence-corrected chi connectivity index (χ4v) is 2.83. The molecule has 0 bridgehead atoms. The van der Waals surface area contributed by atoms with Crippen molar-refractivity contribution >= 4 is 24.2 Å². The van der Waals surface area contributed by atoms with Crippen LogP contribution in [0.5, 0.6) is 0 Å². The highest BCUT2D eigenvalue weighted by Gasteiger charge is 2.27. The molecule has 3 heterocycles. The van der Waals surface area contributed by atoms with Crippen LogP contribution in [0.15, 0.2) is 48.8 Å². The van der Waals surface area contributed by atoms with Gasteiger partial charge < -0.3 is 15.0 Å². The number of pyridine rings is 1. The van der Waals surface area contributed by atoms with Crippen molar-refractivity contribution in [2.75, 3.05) is 5.32 Å². The van der Waals surface area contributed by atoms with E-state index in [1.807, 2.05) is 31.2 Å². The summed E-state index contributed by atoms with van der Waals surface area (Å²) >= 11 is 0. The Hall–Kier alpha value is -2.97. The van der Waals surface area contributed by atoms with E-state index in [1.165, 1.54) is 6.20 Å². The number of carbonyl (C=O) groups excluding carboxylic acids is 1. The zero-order valence-electron chi connectivity index (χ0n) is 13.5. The highest BCUT2D eigenvalue weighted by atomic mass is 16.5. The molecule has 0 aliphatic carbocycles. The van der Waals surface area contributed by atoms with E-state index in [9.17, 15) is 9.82 Å². The van der Waals surface area contributed by atoms with Crippen LogP contribution in [-0.2, 0) is 11.3 Å². The molecular weight excluding hydrogens is 319 g/mol. The predicted molar refractivity (Wildman–Crippen MR) is 92.9 cm³/mol. The molecule has 0 spiro atoms. The molecule has 2 aromatic heterocycles. The zero-order valence-corrected chi connectivity index (χ0v) is 13.5. The lowest BCUT2D eigenvalue weighted by Gasteiger charge is -2.07. The second-order valence-electron chi connectivity index (χ2n) is 5.77. The number of nitrogens with one attached hydrogen (secondary N) is 1. The topological polar surface area (TPSA) is 89.3 Å². The number of benzene rings is 1. The lowest BCUT2D eigenvalue weighted by molar-refractivity contribution is 0.102. The van der Waals surface area contributed by atoms with Gasteiger partial charge in [0.05, 0.1) is 24.1 Å². The van der Waals surface area contributed by atoms with Gasteiger partial charge in [0.25, 0.3) is 5.91 Å². The summed E-state index contributed by atoms with van der Waals surface area (Å²) in [5.41, 5.74) is 3.35. The van der Waals surface area contributed by atoms with E-state index in [-0.39, 0.29) is 5.91 Å². The first kappa shape index (κ1) is 15.6. The molecule has 3 aromatic rings. The van der Waals surface area contributed by atoms with Crippen LogP contribution in [0.3, 0.4) is 0 Å². The van der Waals surface area contributed by atoms with Crippen molar-refractivity contribution in [3.8, 4) is 5.82 Å². The standard InChI is InChI=1S/C17H15BN4O3/c1-11-14(9-20-22(11)16-4-2-3-7-19-16)17(23)21-13-6-5-12-10-25-18(24)15(12)8-13/h2-9,24H,10H2,1H3,(H,21,23). The van der Waals surface area contributed by atoms with E-state index in [1.54, 1.807) is 23.0 Å². The average molecular weight is 334 g/mol. The van der Waals surface area contributed by atoms with Crippen LogP contribution in [0.1, 0.15) is 21.6 Å². The van der Waals surface area contributed by atoms with E-state index < -0.39 is 7.12 Å². The molecule has 0 atom stereocenters. The molecule has 7 nitrogen and oxygen atoms in total. The number of nitrogens with zero attached hydrogens (tertiary/aromatic N) is 3. The summed E-state index contributed by atoms with van der Waals surface area (Å²) in [5.74, 6) is 0.380. The Bertz CT molecular complexity index is 942. The van der Waals surface area contributed by atoms with Crippen LogP contribution in [0.25, 0.3) is 5.82 Å². The summed E-state index contributed by atoms with van der Waals surface area (Å²) in [6.07, 6.45) is 3.19. The summed E-state index contributed by atoms with van der Waals surface area (Å²) in [5, 5.41) is 16.9. The zero-order chi connectivity index (χ0) is 17.4. The number of amides is 1. The molecule has 0 fully saturated rings. The smallest absolute Gasteiger partial charge is 0.423 e. The third kappa shape index (κ3) is 2.81. The molecule has 2 N–H and O–H groups in total. The van der Waals surface area contributed by atoms with Crippen LogP contribution in [0.2, 0.25) is 0 Å². The van der Waals surface area contributed by atoms with Crippen molar-refractivity contribution in [3.05, 3.63) is 65.6 Å². The highest BCUT2D eigenvalue weighted by molar-refractivity contribution is 6.61. The van der Waals surface area contributed by atoms with Crippen LogP contribution in [-0.4, -0.2) is 32.8 Å². The van der Waals surface area contributed by atoms with Gasteiger partial charge in [-0.05, 0) is 42.2 Å². The maximum atomic E-state index is 12.6. The Labute approximate surface area is 144 Å². The fourth-order valence-electron chi connectivity index (χ4n) is 2.83. The normalized spacial score (nSPS) is 13.0. The van der Waals surface area contributed by atoms with Crippen LogP contribution < -0.4 is 10.8 Å². The molecule has 1 aliphatic heterocycles. The monoisotopic (exact) mass is 334 g/mol. The maximum Gasteiger partial charge on any atom is 0.491 e. The van der Waals surface area contributed by atoms with Gasteiger partial charge in [-0.15, -0.1) is 0 Å². The number of aromatic nitrogens is 3. The van der Waals surface area contributed by atoms with Gasteiger partial charge in [0, 0.05) is 11.9 Å². The van der Waals surface area contributed by atoms with Crippen LogP contribution in [0.4, 0.5) is 5.69 Å². The van der Waals surface area contributed by atoms with Crippen molar-refractivity contribution in [3.63, 3.8) is 0 Å². The molecule has 0 unspecified atom stereocenters. The SMILES string of the molecule is Cc1c(C(=O)Nc2ccc3c(c2)B(O)OC3)cnn1-c1ccccn1. The quantitative estimate of drug-likeness (QED) is 0.699. The van der Waals surface area contributed by atoms with Gasteiger partial charge in [-0.25, -0.2) is 9.67 Å². The van der Waals surface area contributed by atoms with Gasteiger partial charge in [-0.1, -0.05) is 12.1 Å². The first-order valence-corrected chi connectivity index (χ1v) is 7.83. The number of anilines is 1. The lowest BCUT2D eigenvalue weighted by atomic mass is 9.79. The highest BCUT2D eigenvalue weighted by Crippen LogP contribution is 2.17. The van der Waals surface area contributed by atoms with Gasteiger partial charge >= 0.3 is 7.12 Å². The van der Waals surface area contributed by atoms with E-state index in [2.05, 4.69) is 15.4 Å². The number of fused-ring (bicyclic) bond motifs is 1. The minimum absolute atomic E-state index is 0.270. The molecule has 1 aromatic carbocycles. The summed E-state index contributed by atoms with van der Waals surface area (Å²) in [6.45, 7) is 2.19. The van der Waals surface area contributed by atoms with Crippen LogP contribution in [0, 0.1) is 6.92 Å². The number of rotatable bonds is 3. The molecule has 25 heavy (non-hydrogen) atoms. The van der Waals surface area contributed by atoms with Gasteiger partial charge in [0.2, 0.25) is 0 Å². The Balaban J connectivity index is 1.58. The summed E-state index contributed by atoms with van der Waals surface area (Å²) in [6, 6.07) is 10.9. The van der Waals surface area contributed by atoms with E-state index in [0.717, 1.165) is 5.56 Å². The van der Waals surface area contributed by atoms with E-state index in [0.29, 0.717) is 34.8 Å². The van der Waals surface area contributed by atoms with Gasteiger partial charge in [0.15, 0.2) is 5.82 Å². The fraction of sp³-hybridized carbons (Fsp3) is 0.118. The van der Waals surface area contributed by atoms with E-state index >= 15 is 0 Å². The molecule has 124 valence electrons. The lowest BCUT2D eigenvalue weighted by Crippen LogP contribution is -2.28. The minimum atomic E-state index is -0.944. The second kappa shape index (κ2) is 6.16. The second-order valence-corrected chi connectivity index (χ2v) is 5.77. The van der Waals surface area contributed by atoms with E-state index in [4.69, 9.17) is 4.65 Å². The minimum Gasteiger partial charge on any atom is -0.423 e. The average Bonchev–Trinajstić information content (AvgIpc) is 3.19. The first-order chi connectivity index (χ1) is 12.1. The Morgan fingerprint density at radius 1 is 1.36 bits per heavy atom. The maximum absolute atomic E-state index is 12.6. The third-order valence-corrected chi connectivity index (χ3v) is 4.19. The summed E-state index contributed by atoms with van der Waals surface area (Å²) < 4.78 is 6.78. The van der Waals surface area contributed by atoms with Crippen molar-refractivity contribution in [2.45, 2.75) is 13.5 Å². The Morgan fingerprint density at radius 2 is 2.24 bits per heavy atom. The molecule has 1 aliphatic rings. The van der Waals surface area contributed by atoms with Gasteiger partial charge in [-0.3, -0.25) is 4.79 Å². The first-order valence-electron chi connectivity index (χ1n) is 7.83. The molecular formula is C17H15BN4O3. The Kier molecular flexibility index (Phi) is 3.83.